The molecule has 0 aromatic carbocycles. The van der Waals surface area contributed by atoms with Crippen molar-refractivity contribution in [2.75, 3.05) is 0 Å². The molecular weight excluding hydrogens is 403 g/mol. The molecule has 1 amide bonds. The summed E-state index contributed by atoms with van der Waals surface area (Å²) in [5.41, 5.74) is 0.105. The highest BCUT2D eigenvalue weighted by Gasteiger charge is 2.58. The monoisotopic (exact) mass is 442 g/mol. The van der Waals surface area contributed by atoms with Crippen LogP contribution in [0.5, 0.6) is 0 Å². The lowest BCUT2D eigenvalue weighted by Gasteiger charge is -2.57. The zero-order valence-electron chi connectivity index (χ0n) is 19.8. The SMILES string of the molecule is C[C@H](NC(=O)c1ccc(F)cn1)[C@H]1CC[C@H]2[C@@H]3CC[C@@H]4C[C@](C)(O)CC[C@@H]4[C@H]3CC[C@]12C. The van der Waals surface area contributed by atoms with Crippen LogP contribution in [0.3, 0.4) is 0 Å². The van der Waals surface area contributed by atoms with Crippen LogP contribution in [0.1, 0.15) is 89.0 Å². The molecule has 4 aliphatic rings. The zero-order valence-corrected chi connectivity index (χ0v) is 19.8. The highest BCUT2D eigenvalue weighted by atomic mass is 19.1. The van der Waals surface area contributed by atoms with Crippen molar-refractivity contribution in [3.8, 4) is 0 Å². The molecule has 0 aliphatic heterocycles. The van der Waals surface area contributed by atoms with Crippen molar-refractivity contribution in [3.05, 3.63) is 29.8 Å². The first-order chi connectivity index (χ1) is 15.2. The molecule has 9 atom stereocenters. The number of hydrogen-bond acceptors (Lipinski definition) is 3. The fraction of sp³-hybridized carbons (Fsp3) is 0.778. The number of hydrogen-bond donors (Lipinski definition) is 2. The number of aliphatic hydroxyl groups is 1. The quantitative estimate of drug-likeness (QED) is 0.662. The summed E-state index contributed by atoms with van der Waals surface area (Å²) in [7, 11) is 0. The van der Waals surface area contributed by atoms with Crippen molar-refractivity contribution < 1.29 is 14.3 Å². The number of rotatable bonds is 3. The molecule has 1 aromatic heterocycles. The van der Waals surface area contributed by atoms with E-state index < -0.39 is 11.4 Å². The average Bonchev–Trinajstić information content (AvgIpc) is 3.10. The minimum absolute atomic E-state index is 0.0852. The summed E-state index contributed by atoms with van der Waals surface area (Å²) >= 11 is 0. The maximum absolute atomic E-state index is 13.2. The molecule has 4 aliphatic carbocycles. The summed E-state index contributed by atoms with van der Waals surface area (Å²) < 4.78 is 13.2. The van der Waals surface area contributed by atoms with E-state index in [1.54, 1.807) is 0 Å². The minimum Gasteiger partial charge on any atom is -0.390 e. The highest BCUT2D eigenvalue weighted by Crippen LogP contribution is 2.65. The van der Waals surface area contributed by atoms with Gasteiger partial charge in [0.15, 0.2) is 0 Å². The Morgan fingerprint density at radius 3 is 2.62 bits per heavy atom. The Balaban J connectivity index is 1.27. The molecule has 32 heavy (non-hydrogen) atoms. The van der Waals surface area contributed by atoms with E-state index in [0.717, 1.165) is 42.7 Å². The third-order valence-electron chi connectivity index (χ3n) is 10.2. The van der Waals surface area contributed by atoms with Gasteiger partial charge in [0.2, 0.25) is 0 Å². The van der Waals surface area contributed by atoms with Gasteiger partial charge in [-0.1, -0.05) is 6.92 Å². The third kappa shape index (κ3) is 3.78. The van der Waals surface area contributed by atoms with E-state index in [-0.39, 0.29) is 23.1 Å². The predicted molar refractivity (Wildman–Crippen MR) is 122 cm³/mol. The summed E-state index contributed by atoms with van der Waals surface area (Å²) in [6.07, 6.45) is 11.8. The van der Waals surface area contributed by atoms with E-state index in [2.05, 4.69) is 24.1 Å². The molecule has 0 saturated heterocycles. The molecule has 0 spiro atoms. The molecule has 5 rings (SSSR count). The highest BCUT2D eigenvalue weighted by molar-refractivity contribution is 5.92. The largest absolute Gasteiger partial charge is 0.390 e. The predicted octanol–water partition coefficient (Wildman–Crippen LogP) is 5.36. The van der Waals surface area contributed by atoms with Gasteiger partial charge in [-0.05, 0) is 125 Å². The van der Waals surface area contributed by atoms with Crippen molar-refractivity contribution in [2.45, 2.75) is 90.2 Å². The summed E-state index contributed by atoms with van der Waals surface area (Å²) in [6.45, 7) is 6.67. The molecular formula is C27H39FN2O2. The van der Waals surface area contributed by atoms with Crippen LogP contribution in [0.4, 0.5) is 4.39 Å². The number of nitrogens with one attached hydrogen (secondary N) is 1. The number of carbonyl (C=O) groups excluding carboxylic acids is 1. The molecule has 1 aromatic rings. The maximum atomic E-state index is 13.2. The van der Waals surface area contributed by atoms with E-state index in [1.807, 2.05) is 6.92 Å². The molecule has 4 saturated carbocycles. The molecule has 0 unspecified atom stereocenters. The lowest BCUT2D eigenvalue weighted by molar-refractivity contribution is -0.101. The van der Waals surface area contributed by atoms with E-state index in [1.165, 1.54) is 57.1 Å². The zero-order chi connectivity index (χ0) is 22.7. The van der Waals surface area contributed by atoms with Crippen LogP contribution < -0.4 is 5.32 Å². The first kappa shape index (κ1) is 22.3. The fourth-order valence-electron chi connectivity index (χ4n) is 8.83. The van der Waals surface area contributed by atoms with Crippen molar-refractivity contribution in [2.24, 2.45) is 40.9 Å². The minimum atomic E-state index is -0.456. The summed E-state index contributed by atoms with van der Waals surface area (Å²) in [5.74, 6) is 3.75. The van der Waals surface area contributed by atoms with Gasteiger partial charge in [-0.15, -0.1) is 0 Å². The van der Waals surface area contributed by atoms with Gasteiger partial charge in [0.1, 0.15) is 11.5 Å². The normalized spacial score (nSPS) is 44.2. The smallest absolute Gasteiger partial charge is 0.270 e. The Kier molecular flexibility index (Phi) is 5.63. The first-order valence-electron chi connectivity index (χ1n) is 12.8. The number of aromatic nitrogens is 1. The van der Waals surface area contributed by atoms with Gasteiger partial charge in [-0.3, -0.25) is 4.79 Å². The number of halogens is 1. The number of pyridine rings is 1. The van der Waals surface area contributed by atoms with Gasteiger partial charge in [0.05, 0.1) is 11.8 Å². The molecule has 2 N–H and O–H groups in total. The van der Waals surface area contributed by atoms with E-state index in [4.69, 9.17) is 0 Å². The number of nitrogens with zero attached hydrogens (tertiary/aromatic N) is 1. The molecule has 4 fully saturated rings. The summed E-state index contributed by atoms with van der Waals surface area (Å²) in [5, 5.41) is 13.8. The molecule has 1 heterocycles. The van der Waals surface area contributed by atoms with E-state index >= 15 is 0 Å². The van der Waals surface area contributed by atoms with E-state index in [0.29, 0.717) is 11.8 Å². The molecule has 0 radical (unpaired) electrons. The van der Waals surface area contributed by atoms with Crippen LogP contribution in [-0.2, 0) is 0 Å². The lowest BCUT2D eigenvalue weighted by Crippen LogP contribution is -2.52. The van der Waals surface area contributed by atoms with Crippen LogP contribution in [0.2, 0.25) is 0 Å². The van der Waals surface area contributed by atoms with E-state index in [9.17, 15) is 14.3 Å². The van der Waals surface area contributed by atoms with Gasteiger partial charge >= 0.3 is 0 Å². The van der Waals surface area contributed by atoms with Crippen LogP contribution >= 0.6 is 0 Å². The molecule has 4 nitrogen and oxygen atoms in total. The second kappa shape index (κ2) is 8.07. The topological polar surface area (TPSA) is 62.2 Å². The Hall–Kier alpha value is -1.49. The molecule has 0 bridgehead atoms. The number of fused-ring (bicyclic) bond motifs is 5. The Morgan fingerprint density at radius 2 is 1.88 bits per heavy atom. The lowest BCUT2D eigenvalue weighted by atomic mass is 9.49. The van der Waals surface area contributed by atoms with Gasteiger partial charge in [-0.25, -0.2) is 9.37 Å². The standard InChI is InChI=1S/C27H39FN2O2/c1-16(30-25(31)24-9-5-18(28)15-29-24)22-7-8-23-21-6-4-17-14-26(2,32)12-10-19(17)20(21)11-13-27(22,23)3/h5,9,15-17,19-23,32H,4,6-8,10-14H2,1-3H3,(H,30,31)/t16-,17+,19-,20+,21+,22+,23-,26+,27+/m0/s1. The second-order valence-electron chi connectivity index (χ2n) is 12.0. The number of carbonyl (C=O) groups is 1. The summed E-state index contributed by atoms with van der Waals surface area (Å²) in [4.78, 5) is 16.7. The second-order valence-corrected chi connectivity index (χ2v) is 12.0. The third-order valence-corrected chi connectivity index (χ3v) is 10.2. The van der Waals surface area contributed by atoms with Crippen LogP contribution in [0, 0.1) is 46.7 Å². The van der Waals surface area contributed by atoms with Crippen LogP contribution in [0.25, 0.3) is 0 Å². The van der Waals surface area contributed by atoms with Gasteiger partial charge in [0, 0.05) is 6.04 Å². The molecule has 5 heteroatoms. The van der Waals surface area contributed by atoms with Gasteiger partial charge < -0.3 is 10.4 Å². The van der Waals surface area contributed by atoms with Crippen molar-refractivity contribution in [1.82, 2.24) is 10.3 Å². The van der Waals surface area contributed by atoms with Gasteiger partial charge in [-0.2, -0.15) is 0 Å². The Morgan fingerprint density at radius 1 is 1.09 bits per heavy atom. The molecule has 176 valence electrons. The maximum Gasteiger partial charge on any atom is 0.270 e. The van der Waals surface area contributed by atoms with Crippen LogP contribution in [-0.4, -0.2) is 27.6 Å². The number of amides is 1. The van der Waals surface area contributed by atoms with Crippen molar-refractivity contribution in [3.63, 3.8) is 0 Å². The van der Waals surface area contributed by atoms with Crippen molar-refractivity contribution >= 4 is 5.91 Å². The summed E-state index contributed by atoms with van der Waals surface area (Å²) in [6, 6.07) is 2.84. The fourth-order valence-corrected chi connectivity index (χ4v) is 8.83. The first-order valence-corrected chi connectivity index (χ1v) is 12.8. The Labute approximate surface area is 191 Å². The average molecular weight is 443 g/mol. The van der Waals surface area contributed by atoms with Gasteiger partial charge in [0.25, 0.3) is 5.91 Å². The Bertz CT molecular complexity index is 856. The van der Waals surface area contributed by atoms with Crippen LogP contribution in [0.15, 0.2) is 18.3 Å². The van der Waals surface area contributed by atoms with Crippen molar-refractivity contribution in [1.29, 1.82) is 0 Å².